The van der Waals surface area contributed by atoms with Gasteiger partial charge in [-0.2, -0.15) is 5.26 Å². The fraction of sp³-hybridized carbons (Fsp3) is 0.368. The maximum absolute atomic E-state index is 9.38. The molecule has 25 heavy (non-hydrogen) atoms. The van der Waals surface area contributed by atoms with Crippen molar-refractivity contribution in [3.05, 3.63) is 59.3 Å². The van der Waals surface area contributed by atoms with E-state index in [1.165, 1.54) is 0 Å². The van der Waals surface area contributed by atoms with Gasteiger partial charge in [-0.3, -0.25) is 0 Å². The number of rotatable bonds is 9. The molecule has 2 aromatic rings. The van der Waals surface area contributed by atoms with Crippen molar-refractivity contribution in [2.45, 2.75) is 25.6 Å². The summed E-state index contributed by atoms with van der Waals surface area (Å²) < 4.78 is 6.05. The van der Waals surface area contributed by atoms with E-state index < -0.39 is 6.10 Å². The van der Waals surface area contributed by atoms with Crippen LogP contribution in [0.1, 0.15) is 29.3 Å². The second-order valence-electron chi connectivity index (χ2n) is 5.76. The van der Waals surface area contributed by atoms with Gasteiger partial charge in [0.2, 0.25) is 5.88 Å². The van der Waals surface area contributed by atoms with Crippen LogP contribution in [0.2, 0.25) is 0 Å². The van der Waals surface area contributed by atoms with Gasteiger partial charge in [0.1, 0.15) is 17.7 Å². The number of aliphatic hydroxyl groups is 2. The summed E-state index contributed by atoms with van der Waals surface area (Å²) >= 11 is 0. The van der Waals surface area contributed by atoms with Crippen LogP contribution in [0, 0.1) is 18.3 Å². The molecule has 0 radical (unpaired) electrons. The van der Waals surface area contributed by atoms with E-state index in [9.17, 15) is 10.4 Å². The molecule has 0 amide bonds. The van der Waals surface area contributed by atoms with Gasteiger partial charge < -0.3 is 20.3 Å². The molecule has 6 nitrogen and oxygen atoms in total. The lowest BCUT2D eigenvalue weighted by Crippen LogP contribution is -2.31. The Labute approximate surface area is 147 Å². The second-order valence-corrected chi connectivity index (χ2v) is 5.76. The third-order valence-electron chi connectivity index (χ3n) is 3.72. The minimum atomic E-state index is -0.778. The molecule has 2 rings (SSSR count). The molecule has 1 aromatic heterocycles. The largest absolute Gasteiger partial charge is 0.468 e. The normalized spacial score (nSPS) is 13.0. The molecule has 0 saturated carbocycles. The molecule has 0 bridgehead atoms. The molecule has 3 N–H and O–H groups in total. The maximum atomic E-state index is 9.38. The lowest BCUT2D eigenvalue weighted by Gasteiger charge is -2.20. The molecular weight excluding hydrogens is 318 g/mol. The van der Waals surface area contributed by atoms with Crippen LogP contribution in [-0.2, 0) is 0 Å². The number of nitrogens with one attached hydrogen (secondary N) is 1. The molecule has 0 fully saturated rings. The monoisotopic (exact) mass is 341 g/mol. The fourth-order valence-corrected chi connectivity index (χ4v) is 2.37. The molecule has 0 aliphatic rings. The van der Waals surface area contributed by atoms with Gasteiger partial charge in [-0.1, -0.05) is 30.3 Å². The summed E-state index contributed by atoms with van der Waals surface area (Å²) in [6.45, 7) is 2.47. The first kappa shape index (κ1) is 18.9. The van der Waals surface area contributed by atoms with Gasteiger partial charge in [0.15, 0.2) is 0 Å². The lowest BCUT2D eigenvalue weighted by molar-refractivity contribution is 0.0932. The van der Waals surface area contributed by atoms with Crippen molar-refractivity contribution >= 4 is 0 Å². The molecule has 0 aliphatic carbocycles. The first-order chi connectivity index (χ1) is 12.1. The molecule has 132 valence electrons. The zero-order valence-corrected chi connectivity index (χ0v) is 14.2. The highest BCUT2D eigenvalue weighted by Crippen LogP contribution is 2.26. The number of nitrogens with zero attached hydrogens (tertiary/aromatic N) is 2. The molecule has 1 aromatic carbocycles. The number of pyridine rings is 1. The highest BCUT2D eigenvalue weighted by Gasteiger charge is 2.16. The highest BCUT2D eigenvalue weighted by atomic mass is 16.5. The third kappa shape index (κ3) is 5.84. The van der Waals surface area contributed by atoms with Gasteiger partial charge in [0.05, 0.1) is 12.7 Å². The van der Waals surface area contributed by atoms with Gasteiger partial charge in [-0.05, 0) is 31.2 Å². The Kier molecular flexibility index (Phi) is 7.36. The van der Waals surface area contributed by atoms with Crippen LogP contribution in [0.25, 0.3) is 0 Å². The molecule has 1 unspecified atom stereocenters. The van der Waals surface area contributed by atoms with Crippen LogP contribution in [0.5, 0.6) is 5.88 Å². The Balaban J connectivity index is 2.10. The minimum absolute atomic E-state index is 0.273. The molecule has 6 heteroatoms. The first-order valence-electron chi connectivity index (χ1n) is 8.23. The zero-order valence-electron chi connectivity index (χ0n) is 14.2. The summed E-state index contributed by atoms with van der Waals surface area (Å²) in [6.07, 6.45) is -0.427. The van der Waals surface area contributed by atoms with Crippen LogP contribution in [0.4, 0.5) is 0 Å². The topological polar surface area (TPSA) is 98.4 Å². The quantitative estimate of drug-likeness (QED) is 0.601. The fourth-order valence-electron chi connectivity index (χ4n) is 2.37. The predicted octanol–water partition coefficient (Wildman–Crippen LogP) is 1.71. The summed E-state index contributed by atoms with van der Waals surface area (Å²) in [5, 5.41) is 30.6. The third-order valence-corrected chi connectivity index (χ3v) is 3.72. The van der Waals surface area contributed by atoms with Crippen molar-refractivity contribution in [2.24, 2.45) is 0 Å². The Morgan fingerprint density at radius 3 is 2.68 bits per heavy atom. The van der Waals surface area contributed by atoms with Crippen molar-refractivity contribution in [3.63, 3.8) is 0 Å². The summed E-state index contributed by atoms with van der Waals surface area (Å²) in [6, 6.07) is 15.3. The number of hydrogen-bond acceptors (Lipinski definition) is 6. The van der Waals surface area contributed by atoms with E-state index in [0.29, 0.717) is 31.0 Å². The van der Waals surface area contributed by atoms with E-state index in [1.54, 1.807) is 12.1 Å². The zero-order chi connectivity index (χ0) is 18.1. The van der Waals surface area contributed by atoms with Crippen molar-refractivity contribution in [1.29, 1.82) is 5.26 Å². The first-order valence-corrected chi connectivity index (χ1v) is 8.23. The van der Waals surface area contributed by atoms with Crippen molar-refractivity contribution in [3.8, 4) is 11.9 Å². The van der Waals surface area contributed by atoms with E-state index in [-0.39, 0.29) is 12.7 Å². The average Bonchev–Trinajstić information content (AvgIpc) is 2.64. The number of nitriles is 1. The van der Waals surface area contributed by atoms with Crippen molar-refractivity contribution in [1.82, 2.24) is 10.3 Å². The second kappa shape index (κ2) is 9.74. The smallest absolute Gasteiger partial charge is 0.232 e. The van der Waals surface area contributed by atoms with Crippen molar-refractivity contribution < 1.29 is 14.9 Å². The molecule has 0 saturated heterocycles. The number of ether oxygens (including phenoxy) is 1. The Bertz CT molecular complexity index is 701. The van der Waals surface area contributed by atoms with E-state index in [1.807, 2.05) is 37.3 Å². The standard InChI is InChI=1S/C19H23N3O3/c1-14-7-8-16(11-20)19(22-14)25-18(15-5-3-2-4-6-15)9-10-21-12-17(24)13-23/h2-8,17-18,21,23-24H,9-10,12-13H2,1H3/t17?,18-/m1/s1. The van der Waals surface area contributed by atoms with Gasteiger partial charge in [-0.25, -0.2) is 4.98 Å². The van der Waals surface area contributed by atoms with Crippen LogP contribution in [-0.4, -0.2) is 41.0 Å². The summed E-state index contributed by atoms with van der Waals surface area (Å²) in [7, 11) is 0. The van der Waals surface area contributed by atoms with Crippen LogP contribution in [0.15, 0.2) is 42.5 Å². The number of aromatic nitrogens is 1. The number of hydrogen-bond donors (Lipinski definition) is 3. The number of aliphatic hydroxyl groups excluding tert-OH is 2. The summed E-state index contributed by atoms with van der Waals surface area (Å²) in [4.78, 5) is 4.34. The van der Waals surface area contributed by atoms with Crippen LogP contribution < -0.4 is 10.1 Å². The van der Waals surface area contributed by atoms with Gasteiger partial charge in [0.25, 0.3) is 0 Å². The van der Waals surface area contributed by atoms with Crippen LogP contribution in [0.3, 0.4) is 0 Å². The molecular formula is C19H23N3O3. The summed E-state index contributed by atoms with van der Waals surface area (Å²) in [5.41, 5.74) is 2.17. The molecule has 0 spiro atoms. The van der Waals surface area contributed by atoms with Gasteiger partial charge in [0, 0.05) is 18.7 Å². The van der Waals surface area contributed by atoms with E-state index >= 15 is 0 Å². The highest BCUT2D eigenvalue weighted by molar-refractivity contribution is 5.39. The van der Waals surface area contributed by atoms with Gasteiger partial charge >= 0.3 is 0 Å². The average molecular weight is 341 g/mol. The SMILES string of the molecule is Cc1ccc(C#N)c(O[C@H](CCNCC(O)CO)c2ccccc2)n1. The molecule has 1 heterocycles. The molecule has 2 atom stereocenters. The van der Waals surface area contributed by atoms with Crippen molar-refractivity contribution in [2.75, 3.05) is 19.7 Å². The van der Waals surface area contributed by atoms with Crippen LogP contribution >= 0.6 is 0 Å². The number of benzene rings is 1. The lowest BCUT2D eigenvalue weighted by atomic mass is 10.1. The van der Waals surface area contributed by atoms with Gasteiger partial charge in [-0.15, -0.1) is 0 Å². The Morgan fingerprint density at radius 1 is 1.24 bits per heavy atom. The van der Waals surface area contributed by atoms with E-state index in [0.717, 1.165) is 11.3 Å². The minimum Gasteiger partial charge on any atom is -0.468 e. The Hall–Kier alpha value is -2.46. The number of aryl methyl sites for hydroxylation is 1. The van der Waals surface area contributed by atoms with E-state index in [2.05, 4.69) is 16.4 Å². The van der Waals surface area contributed by atoms with E-state index in [4.69, 9.17) is 9.84 Å². The summed E-state index contributed by atoms with van der Waals surface area (Å²) in [5.74, 6) is 0.326. The maximum Gasteiger partial charge on any atom is 0.232 e. The molecule has 0 aliphatic heterocycles. The predicted molar refractivity (Wildman–Crippen MR) is 94.1 cm³/mol. The Morgan fingerprint density at radius 2 is 2.00 bits per heavy atom.